The van der Waals surface area contributed by atoms with Crippen molar-refractivity contribution < 1.29 is 32.2 Å². The quantitative estimate of drug-likeness (QED) is 0.765. The number of para-hydroxylation sites is 2. The lowest BCUT2D eigenvalue weighted by atomic mass is 10.1. The molecule has 2 heterocycles. The summed E-state index contributed by atoms with van der Waals surface area (Å²) in [5.41, 5.74) is -0.738. The fraction of sp³-hybridized carbons (Fsp3) is 0.300. The topological polar surface area (TPSA) is 76.7 Å². The molecule has 158 valence electrons. The van der Waals surface area contributed by atoms with E-state index in [1.54, 1.807) is 12.1 Å². The van der Waals surface area contributed by atoms with Gasteiger partial charge in [0.15, 0.2) is 11.5 Å². The Bertz CT molecular complexity index is 983. The number of ether oxygens (including phenoxy) is 2. The minimum Gasteiger partial charge on any atom is -0.486 e. The van der Waals surface area contributed by atoms with Crippen molar-refractivity contribution in [3.8, 4) is 11.5 Å². The number of amides is 2. The minimum atomic E-state index is -4.49. The summed E-state index contributed by atoms with van der Waals surface area (Å²) in [6, 6.07) is 10.4. The van der Waals surface area contributed by atoms with Gasteiger partial charge in [-0.15, -0.1) is 11.8 Å². The summed E-state index contributed by atoms with van der Waals surface area (Å²) in [7, 11) is 0. The van der Waals surface area contributed by atoms with Gasteiger partial charge in [0.2, 0.25) is 11.8 Å². The number of rotatable bonds is 4. The second kappa shape index (κ2) is 8.10. The second-order valence-electron chi connectivity index (χ2n) is 6.81. The summed E-state index contributed by atoms with van der Waals surface area (Å²) in [5, 5.41) is 4.44. The molecule has 4 rings (SSSR count). The number of hydrogen-bond donors (Lipinski definition) is 2. The summed E-state index contributed by atoms with van der Waals surface area (Å²) in [5.74, 6) is 0.372. The molecule has 2 aliphatic heterocycles. The van der Waals surface area contributed by atoms with E-state index in [4.69, 9.17) is 9.47 Å². The molecule has 6 nitrogen and oxygen atoms in total. The summed E-state index contributed by atoms with van der Waals surface area (Å²) in [6.45, 7) is 0.489. The minimum absolute atomic E-state index is 0.0999. The number of benzene rings is 2. The summed E-state index contributed by atoms with van der Waals surface area (Å²) >= 11 is 1.07. The first-order valence-electron chi connectivity index (χ1n) is 9.13. The Morgan fingerprint density at radius 2 is 1.97 bits per heavy atom. The highest BCUT2D eigenvalue weighted by Crippen LogP contribution is 2.40. The van der Waals surface area contributed by atoms with E-state index >= 15 is 0 Å². The van der Waals surface area contributed by atoms with Gasteiger partial charge in [0, 0.05) is 11.3 Å². The Morgan fingerprint density at radius 3 is 2.73 bits per heavy atom. The molecule has 0 radical (unpaired) electrons. The van der Waals surface area contributed by atoms with Gasteiger partial charge >= 0.3 is 6.18 Å². The Kier molecular flexibility index (Phi) is 5.50. The normalized spacial score (nSPS) is 20.2. The van der Waals surface area contributed by atoms with Gasteiger partial charge in [-0.1, -0.05) is 12.1 Å². The maximum absolute atomic E-state index is 12.8. The molecule has 0 aliphatic carbocycles. The van der Waals surface area contributed by atoms with Gasteiger partial charge in [-0.05, 0) is 30.3 Å². The fourth-order valence-corrected chi connectivity index (χ4v) is 4.18. The van der Waals surface area contributed by atoms with Crippen molar-refractivity contribution in [3.63, 3.8) is 0 Å². The predicted molar refractivity (Wildman–Crippen MR) is 104 cm³/mol. The summed E-state index contributed by atoms with van der Waals surface area (Å²) in [6.07, 6.45) is -4.97. The van der Waals surface area contributed by atoms with Crippen molar-refractivity contribution in [3.05, 3.63) is 48.0 Å². The van der Waals surface area contributed by atoms with Crippen LogP contribution in [0, 0.1) is 0 Å². The largest absolute Gasteiger partial charge is 0.486 e. The highest BCUT2D eigenvalue weighted by Gasteiger charge is 2.34. The smallest absolute Gasteiger partial charge is 0.416 e. The van der Waals surface area contributed by atoms with Crippen molar-refractivity contribution in [1.29, 1.82) is 0 Å². The lowest BCUT2D eigenvalue weighted by Gasteiger charge is -2.27. The zero-order chi connectivity index (χ0) is 21.3. The number of anilines is 1. The van der Waals surface area contributed by atoms with Gasteiger partial charge < -0.3 is 20.1 Å². The molecule has 2 aromatic carbocycles. The average Bonchev–Trinajstić information content (AvgIpc) is 2.71. The van der Waals surface area contributed by atoms with Crippen LogP contribution in [0.25, 0.3) is 0 Å². The molecule has 0 saturated heterocycles. The van der Waals surface area contributed by atoms with Gasteiger partial charge in [-0.25, -0.2) is 0 Å². The van der Waals surface area contributed by atoms with Crippen LogP contribution in [0.5, 0.6) is 11.5 Å². The molecule has 0 spiro atoms. The van der Waals surface area contributed by atoms with Crippen molar-refractivity contribution in [2.24, 2.45) is 0 Å². The first kappa shape index (κ1) is 20.4. The van der Waals surface area contributed by atoms with E-state index in [0.29, 0.717) is 16.4 Å². The zero-order valence-electron chi connectivity index (χ0n) is 15.5. The van der Waals surface area contributed by atoms with Crippen LogP contribution in [0.2, 0.25) is 0 Å². The molecular formula is C20H17F3N2O4S. The van der Waals surface area contributed by atoms with Gasteiger partial charge in [0.05, 0.1) is 23.0 Å². The SMILES string of the molecule is O=C(C[C@H]1Sc2ccc(C(F)(F)F)cc2NC1=O)NC[C@H]1COc2ccccc2O1. The number of carbonyl (C=O) groups is 2. The number of alkyl halides is 3. The predicted octanol–water partition coefficient (Wildman–Crippen LogP) is 3.46. The van der Waals surface area contributed by atoms with E-state index in [2.05, 4.69) is 10.6 Å². The molecule has 0 saturated carbocycles. The molecule has 2 atom stereocenters. The Labute approximate surface area is 174 Å². The number of thioether (sulfide) groups is 1. The maximum atomic E-state index is 12.8. The van der Waals surface area contributed by atoms with E-state index in [0.717, 1.165) is 23.9 Å². The van der Waals surface area contributed by atoms with Crippen LogP contribution in [-0.2, 0) is 15.8 Å². The van der Waals surface area contributed by atoms with Crippen LogP contribution in [0.3, 0.4) is 0 Å². The third-order valence-corrected chi connectivity index (χ3v) is 5.87. The first-order chi connectivity index (χ1) is 14.3. The molecule has 2 aliphatic rings. The Hall–Kier alpha value is -2.88. The van der Waals surface area contributed by atoms with Crippen LogP contribution in [0.15, 0.2) is 47.4 Å². The van der Waals surface area contributed by atoms with Crippen LogP contribution in [0.4, 0.5) is 18.9 Å². The lowest BCUT2D eigenvalue weighted by molar-refractivity contribution is -0.137. The number of carbonyl (C=O) groups excluding carboxylic acids is 2. The lowest BCUT2D eigenvalue weighted by Crippen LogP contribution is -2.42. The Balaban J connectivity index is 1.31. The molecule has 0 bridgehead atoms. The Morgan fingerprint density at radius 1 is 1.20 bits per heavy atom. The van der Waals surface area contributed by atoms with Crippen molar-refractivity contribution in [2.75, 3.05) is 18.5 Å². The second-order valence-corrected chi connectivity index (χ2v) is 8.05. The molecule has 0 aromatic heterocycles. The van der Waals surface area contributed by atoms with E-state index < -0.39 is 22.9 Å². The average molecular weight is 438 g/mol. The summed E-state index contributed by atoms with van der Waals surface area (Å²) in [4.78, 5) is 25.0. The van der Waals surface area contributed by atoms with Gasteiger partial charge in [0.1, 0.15) is 12.7 Å². The molecule has 2 amide bonds. The maximum Gasteiger partial charge on any atom is 0.416 e. The van der Waals surface area contributed by atoms with E-state index in [9.17, 15) is 22.8 Å². The highest BCUT2D eigenvalue weighted by atomic mass is 32.2. The number of hydrogen-bond acceptors (Lipinski definition) is 5. The number of halogens is 3. The third kappa shape index (κ3) is 4.48. The van der Waals surface area contributed by atoms with Crippen molar-refractivity contribution in [2.45, 2.75) is 28.8 Å². The number of nitrogens with one attached hydrogen (secondary N) is 2. The summed E-state index contributed by atoms with van der Waals surface area (Å²) < 4.78 is 49.8. The third-order valence-electron chi connectivity index (χ3n) is 4.59. The monoisotopic (exact) mass is 438 g/mol. The molecule has 0 fully saturated rings. The molecule has 2 N–H and O–H groups in total. The van der Waals surface area contributed by atoms with Gasteiger partial charge in [-0.2, -0.15) is 13.2 Å². The van der Waals surface area contributed by atoms with E-state index in [1.807, 2.05) is 12.1 Å². The van der Waals surface area contributed by atoms with Crippen LogP contribution in [-0.4, -0.2) is 36.3 Å². The van der Waals surface area contributed by atoms with Crippen LogP contribution >= 0.6 is 11.8 Å². The van der Waals surface area contributed by atoms with E-state index in [1.165, 1.54) is 6.07 Å². The van der Waals surface area contributed by atoms with Crippen molar-refractivity contribution >= 4 is 29.3 Å². The fourth-order valence-electron chi connectivity index (χ4n) is 3.09. The van der Waals surface area contributed by atoms with Gasteiger partial charge in [-0.3, -0.25) is 9.59 Å². The molecular weight excluding hydrogens is 421 g/mol. The first-order valence-corrected chi connectivity index (χ1v) is 10.0. The molecule has 30 heavy (non-hydrogen) atoms. The number of fused-ring (bicyclic) bond motifs is 2. The molecule has 10 heteroatoms. The highest BCUT2D eigenvalue weighted by molar-refractivity contribution is 8.01. The van der Waals surface area contributed by atoms with Crippen molar-refractivity contribution in [1.82, 2.24) is 5.32 Å². The van der Waals surface area contributed by atoms with Crippen LogP contribution < -0.4 is 20.1 Å². The van der Waals surface area contributed by atoms with Crippen LogP contribution in [0.1, 0.15) is 12.0 Å². The van der Waals surface area contributed by atoms with E-state index in [-0.39, 0.29) is 37.3 Å². The molecule has 0 unspecified atom stereocenters. The zero-order valence-corrected chi connectivity index (χ0v) is 16.3. The molecule has 2 aromatic rings. The van der Waals surface area contributed by atoms with Gasteiger partial charge in [0.25, 0.3) is 0 Å². The standard InChI is InChI=1S/C20H17F3N2O4S/c21-20(22,23)11-5-6-16-13(7-11)25-19(27)17(30-16)8-18(26)24-9-12-10-28-14-3-1-2-4-15(14)29-12/h1-7,12,17H,8-10H2,(H,24,26)(H,25,27)/t12-,17+/m0/s1.